The molecule has 0 heterocycles. The van der Waals surface area contributed by atoms with E-state index in [4.69, 9.17) is 11.6 Å². The van der Waals surface area contributed by atoms with Gasteiger partial charge in [0.2, 0.25) is 21.8 Å². The van der Waals surface area contributed by atoms with Gasteiger partial charge in [0.25, 0.3) is 0 Å². The van der Waals surface area contributed by atoms with Crippen LogP contribution in [0.3, 0.4) is 0 Å². The molecular formula is C25H34ClN3O4S. The number of likely N-dealkylation sites (N-methyl/N-ethyl adjacent to an activating group) is 1. The van der Waals surface area contributed by atoms with Gasteiger partial charge in [0.05, 0.1) is 11.9 Å². The Bertz CT molecular complexity index is 1090. The molecule has 0 aliphatic carbocycles. The number of amides is 2. The van der Waals surface area contributed by atoms with Gasteiger partial charge in [-0.05, 0) is 48.6 Å². The number of para-hydroxylation sites is 1. The van der Waals surface area contributed by atoms with Crippen molar-refractivity contribution >= 4 is 39.1 Å². The maximum Gasteiger partial charge on any atom is 0.244 e. The van der Waals surface area contributed by atoms with Crippen molar-refractivity contribution in [1.29, 1.82) is 0 Å². The van der Waals surface area contributed by atoms with Gasteiger partial charge < -0.3 is 10.2 Å². The SMILES string of the molecule is CCNC(=O)C(CC)N(Cc1ccc(Cl)cc1)C(=O)CN(c1ccccc1C(C)C)S(C)(=O)=O. The third-order valence-corrected chi connectivity index (χ3v) is 6.89. The molecule has 7 nitrogen and oxygen atoms in total. The van der Waals surface area contributed by atoms with Gasteiger partial charge >= 0.3 is 0 Å². The molecule has 0 aliphatic rings. The predicted octanol–water partition coefficient (Wildman–Crippen LogP) is 4.17. The van der Waals surface area contributed by atoms with Crippen LogP contribution in [0.2, 0.25) is 5.02 Å². The van der Waals surface area contributed by atoms with Crippen molar-refractivity contribution in [2.45, 2.75) is 52.6 Å². The molecule has 0 bridgehead atoms. The Morgan fingerprint density at radius 1 is 1.03 bits per heavy atom. The van der Waals surface area contributed by atoms with Crippen LogP contribution in [-0.4, -0.2) is 50.5 Å². The highest BCUT2D eigenvalue weighted by Crippen LogP contribution is 2.29. The molecule has 2 aromatic carbocycles. The normalized spacial score (nSPS) is 12.3. The van der Waals surface area contributed by atoms with E-state index in [1.807, 2.05) is 39.8 Å². The number of nitrogens with one attached hydrogen (secondary N) is 1. The van der Waals surface area contributed by atoms with Crippen LogP contribution < -0.4 is 9.62 Å². The lowest BCUT2D eigenvalue weighted by Gasteiger charge is -2.33. The summed E-state index contributed by atoms with van der Waals surface area (Å²) < 4.78 is 26.7. The van der Waals surface area contributed by atoms with Crippen molar-refractivity contribution in [3.63, 3.8) is 0 Å². The van der Waals surface area contributed by atoms with E-state index < -0.39 is 28.5 Å². The lowest BCUT2D eigenvalue weighted by molar-refractivity contribution is -0.140. The van der Waals surface area contributed by atoms with Crippen LogP contribution in [0, 0.1) is 0 Å². The third-order valence-electron chi connectivity index (χ3n) is 5.51. The fourth-order valence-electron chi connectivity index (χ4n) is 3.80. The summed E-state index contributed by atoms with van der Waals surface area (Å²) in [5, 5.41) is 3.34. The van der Waals surface area contributed by atoms with Gasteiger partial charge in [0, 0.05) is 18.1 Å². The molecule has 34 heavy (non-hydrogen) atoms. The van der Waals surface area contributed by atoms with Gasteiger partial charge in [-0.25, -0.2) is 8.42 Å². The number of nitrogens with zero attached hydrogens (tertiary/aromatic N) is 2. The topological polar surface area (TPSA) is 86.8 Å². The summed E-state index contributed by atoms with van der Waals surface area (Å²) in [5.41, 5.74) is 2.07. The van der Waals surface area contributed by atoms with Crippen molar-refractivity contribution in [3.05, 3.63) is 64.7 Å². The number of carbonyl (C=O) groups is 2. The summed E-state index contributed by atoms with van der Waals surface area (Å²) in [6.45, 7) is 7.73. The molecule has 0 saturated carbocycles. The minimum atomic E-state index is -3.78. The van der Waals surface area contributed by atoms with Crippen molar-refractivity contribution in [3.8, 4) is 0 Å². The standard InChI is InChI=1S/C25H34ClN3O4S/c1-6-22(25(31)27-7-2)28(16-19-12-14-20(26)15-13-19)24(30)17-29(34(5,32)33)23-11-9-8-10-21(23)18(3)4/h8-15,18,22H,6-7,16-17H2,1-5H3,(H,27,31). The number of rotatable bonds is 11. The Kier molecular flexibility index (Phi) is 9.94. The molecule has 2 rings (SSSR count). The summed E-state index contributed by atoms with van der Waals surface area (Å²) in [7, 11) is -3.78. The van der Waals surface area contributed by atoms with E-state index in [0.717, 1.165) is 21.7 Å². The predicted molar refractivity (Wildman–Crippen MR) is 137 cm³/mol. The summed E-state index contributed by atoms with van der Waals surface area (Å²) >= 11 is 6.00. The zero-order valence-corrected chi connectivity index (χ0v) is 22.0. The zero-order chi connectivity index (χ0) is 25.5. The Labute approximate surface area is 208 Å². The first-order valence-electron chi connectivity index (χ1n) is 11.4. The number of sulfonamides is 1. The van der Waals surface area contributed by atoms with Crippen LogP contribution in [-0.2, 0) is 26.2 Å². The van der Waals surface area contributed by atoms with E-state index >= 15 is 0 Å². The van der Waals surface area contributed by atoms with Crippen LogP contribution in [0.1, 0.15) is 51.2 Å². The fourth-order valence-corrected chi connectivity index (χ4v) is 4.79. The third kappa shape index (κ3) is 7.21. The van der Waals surface area contributed by atoms with Gasteiger partial charge in [0.1, 0.15) is 12.6 Å². The second-order valence-electron chi connectivity index (χ2n) is 8.45. The maximum atomic E-state index is 13.6. The minimum absolute atomic E-state index is 0.0550. The van der Waals surface area contributed by atoms with E-state index in [0.29, 0.717) is 23.7 Å². The minimum Gasteiger partial charge on any atom is -0.355 e. The fraction of sp³-hybridized carbons (Fsp3) is 0.440. The highest BCUT2D eigenvalue weighted by Gasteiger charge is 2.32. The average molecular weight is 508 g/mol. The van der Waals surface area contributed by atoms with Crippen LogP contribution >= 0.6 is 11.6 Å². The molecule has 2 aromatic rings. The Balaban J connectivity index is 2.48. The second kappa shape index (κ2) is 12.2. The second-order valence-corrected chi connectivity index (χ2v) is 10.8. The van der Waals surface area contributed by atoms with Crippen LogP contribution in [0.5, 0.6) is 0 Å². The zero-order valence-electron chi connectivity index (χ0n) is 20.4. The van der Waals surface area contributed by atoms with E-state index in [1.54, 1.807) is 36.4 Å². The van der Waals surface area contributed by atoms with Crippen LogP contribution in [0.4, 0.5) is 5.69 Å². The molecule has 2 amide bonds. The number of carbonyl (C=O) groups excluding carboxylic acids is 2. The highest BCUT2D eigenvalue weighted by molar-refractivity contribution is 7.92. The summed E-state index contributed by atoms with van der Waals surface area (Å²) in [6.07, 6.45) is 1.47. The number of benzene rings is 2. The number of halogens is 1. The molecule has 0 radical (unpaired) electrons. The van der Waals surface area contributed by atoms with E-state index in [2.05, 4.69) is 5.32 Å². The molecular weight excluding hydrogens is 474 g/mol. The van der Waals surface area contributed by atoms with Gasteiger partial charge in [-0.1, -0.05) is 62.7 Å². The first-order valence-corrected chi connectivity index (χ1v) is 13.6. The molecule has 0 aromatic heterocycles. The van der Waals surface area contributed by atoms with Gasteiger partial charge in [-0.15, -0.1) is 0 Å². The first kappa shape index (κ1) is 27.7. The molecule has 1 atom stereocenters. The lowest BCUT2D eigenvalue weighted by atomic mass is 10.0. The summed E-state index contributed by atoms with van der Waals surface area (Å²) in [6, 6.07) is 13.4. The number of hydrogen-bond donors (Lipinski definition) is 1. The quantitative estimate of drug-likeness (QED) is 0.494. The molecule has 1 N–H and O–H groups in total. The van der Waals surface area contributed by atoms with Crippen molar-refractivity contribution in [2.24, 2.45) is 0 Å². The molecule has 186 valence electrons. The van der Waals surface area contributed by atoms with Crippen molar-refractivity contribution in [1.82, 2.24) is 10.2 Å². The first-order chi connectivity index (χ1) is 16.0. The Hall–Kier alpha value is -2.58. The lowest BCUT2D eigenvalue weighted by Crippen LogP contribution is -2.52. The maximum absolute atomic E-state index is 13.6. The number of hydrogen-bond acceptors (Lipinski definition) is 4. The highest BCUT2D eigenvalue weighted by atomic mass is 35.5. The van der Waals surface area contributed by atoms with Crippen LogP contribution in [0.15, 0.2) is 48.5 Å². The van der Waals surface area contributed by atoms with Crippen LogP contribution in [0.25, 0.3) is 0 Å². The summed E-state index contributed by atoms with van der Waals surface area (Å²) in [4.78, 5) is 27.9. The van der Waals surface area contributed by atoms with Crippen molar-refractivity contribution < 1.29 is 18.0 Å². The molecule has 0 aliphatic heterocycles. The van der Waals surface area contributed by atoms with E-state index in [9.17, 15) is 18.0 Å². The van der Waals surface area contributed by atoms with Gasteiger partial charge in [-0.3, -0.25) is 13.9 Å². The Morgan fingerprint density at radius 2 is 1.65 bits per heavy atom. The van der Waals surface area contributed by atoms with Gasteiger partial charge in [-0.2, -0.15) is 0 Å². The molecule has 0 saturated heterocycles. The largest absolute Gasteiger partial charge is 0.355 e. The monoisotopic (exact) mass is 507 g/mol. The van der Waals surface area contributed by atoms with Crippen molar-refractivity contribution in [2.75, 3.05) is 23.7 Å². The number of anilines is 1. The summed E-state index contributed by atoms with van der Waals surface area (Å²) in [5.74, 6) is -0.683. The molecule has 1 unspecified atom stereocenters. The molecule has 0 fully saturated rings. The van der Waals surface area contributed by atoms with E-state index in [1.165, 1.54) is 4.90 Å². The van der Waals surface area contributed by atoms with Gasteiger partial charge in [0.15, 0.2) is 0 Å². The molecule has 0 spiro atoms. The Morgan fingerprint density at radius 3 is 2.18 bits per heavy atom. The van der Waals surface area contributed by atoms with E-state index in [-0.39, 0.29) is 18.4 Å². The average Bonchev–Trinajstić information content (AvgIpc) is 2.78. The smallest absolute Gasteiger partial charge is 0.244 e. The molecule has 9 heteroatoms.